The third kappa shape index (κ3) is 3.10. The maximum Gasteiger partial charge on any atom is 0.253 e. The molecule has 0 aliphatic rings. The number of nitrogens with one attached hydrogen (secondary N) is 1. The summed E-state index contributed by atoms with van der Waals surface area (Å²) in [5, 5.41) is 2.99. The molecule has 1 aromatic carbocycles. The van der Waals surface area contributed by atoms with Gasteiger partial charge in [-0.2, -0.15) is 0 Å². The summed E-state index contributed by atoms with van der Waals surface area (Å²) < 4.78 is 0. The van der Waals surface area contributed by atoms with E-state index in [1.54, 1.807) is 12.3 Å². The van der Waals surface area contributed by atoms with Gasteiger partial charge in [-0.25, -0.2) is 0 Å². The van der Waals surface area contributed by atoms with E-state index < -0.39 is 0 Å². The number of carbonyl (C=O) groups is 1. The van der Waals surface area contributed by atoms with E-state index in [0.717, 1.165) is 12.0 Å². The van der Waals surface area contributed by atoms with Gasteiger partial charge in [0.2, 0.25) is 0 Å². The van der Waals surface area contributed by atoms with Crippen molar-refractivity contribution in [2.24, 2.45) is 0 Å². The van der Waals surface area contributed by atoms with Crippen molar-refractivity contribution in [2.75, 3.05) is 5.73 Å². The SMILES string of the molecule is CCC(NC(=O)c1ccncc1N)c1ccccc1. The van der Waals surface area contributed by atoms with Crippen LogP contribution in [0.3, 0.4) is 0 Å². The van der Waals surface area contributed by atoms with Crippen LogP contribution in [0.1, 0.15) is 35.3 Å². The number of hydrogen-bond acceptors (Lipinski definition) is 3. The van der Waals surface area contributed by atoms with Crippen LogP contribution in [0.25, 0.3) is 0 Å². The second-order valence-corrected chi connectivity index (χ2v) is 4.31. The summed E-state index contributed by atoms with van der Waals surface area (Å²) in [5.74, 6) is -0.171. The van der Waals surface area contributed by atoms with E-state index in [1.165, 1.54) is 6.20 Å². The summed E-state index contributed by atoms with van der Waals surface area (Å²) >= 11 is 0. The molecule has 0 aliphatic heterocycles. The lowest BCUT2D eigenvalue weighted by Gasteiger charge is -2.17. The summed E-state index contributed by atoms with van der Waals surface area (Å²) in [6.07, 6.45) is 3.87. The molecule has 4 nitrogen and oxygen atoms in total. The predicted octanol–water partition coefficient (Wildman–Crippen LogP) is 2.54. The van der Waals surface area contributed by atoms with E-state index in [2.05, 4.69) is 10.3 Å². The molecule has 3 N–H and O–H groups in total. The second kappa shape index (κ2) is 6.00. The zero-order chi connectivity index (χ0) is 13.7. The van der Waals surface area contributed by atoms with Crippen LogP contribution in [0.15, 0.2) is 48.8 Å². The molecule has 0 radical (unpaired) electrons. The molecule has 2 aromatic rings. The quantitative estimate of drug-likeness (QED) is 0.882. The van der Waals surface area contributed by atoms with E-state index in [4.69, 9.17) is 5.73 Å². The number of nitrogens with zero attached hydrogens (tertiary/aromatic N) is 1. The minimum Gasteiger partial charge on any atom is -0.397 e. The summed E-state index contributed by atoms with van der Waals surface area (Å²) in [6.45, 7) is 2.04. The number of nitrogen functional groups attached to an aromatic ring is 1. The van der Waals surface area contributed by atoms with Crippen LogP contribution in [0.4, 0.5) is 5.69 Å². The Morgan fingerprint density at radius 2 is 2.05 bits per heavy atom. The van der Waals surface area contributed by atoms with Crippen molar-refractivity contribution in [3.8, 4) is 0 Å². The molecule has 1 unspecified atom stereocenters. The summed E-state index contributed by atoms with van der Waals surface area (Å²) in [4.78, 5) is 16.1. The van der Waals surface area contributed by atoms with E-state index in [-0.39, 0.29) is 11.9 Å². The van der Waals surface area contributed by atoms with Gasteiger partial charge in [0.1, 0.15) is 0 Å². The number of anilines is 1. The number of pyridine rings is 1. The standard InChI is InChI=1S/C15H17N3O/c1-2-14(11-6-4-3-5-7-11)18-15(19)12-8-9-17-10-13(12)16/h3-10,14H,2,16H2,1H3,(H,18,19). The Labute approximate surface area is 112 Å². The lowest BCUT2D eigenvalue weighted by molar-refractivity contribution is 0.0936. The lowest BCUT2D eigenvalue weighted by atomic mass is 10.0. The maximum atomic E-state index is 12.2. The Balaban J connectivity index is 2.16. The molecule has 1 heterocycles. The molecular formula is C15H17N3O. The normalized spacial score (nSPS) is 11.8. The molecule has 2 rings (SSSR count). The van der Waals surface area contributed by atoms with Gasteiger partial charge in [-0.15, -0.1) is 0 Å². The van der Waals surface area contributed by atoms with Gasteiger partial charge in [0.25, 0.3) is 5.91 Å². The first-order valence-corrected chi connectivity index (χ1v) is 6.27. The first-order chi connectivity index (χ1) is 9.22. The number of carbonyl (C=O) groups excluding carboxylic acids is 1. The van der Waals surface area contributed by atoms with Crippen molar-refractivity contribution >= 4 is 11.6 Å². The highest BCUT2D eigenvalue weighted by molar-refractivity contribution is 5.99. The van der Waals surface area contributed by atoms with E-state index in [0.29, 0.717) is 11.3 Å². The molecule has 1 amide bonds. The van der Waals surface area contributed by atoms with Gasteiger partial charge >= 0.3 is 0 Å². The van der Waals surface area contributed by atoms with Crippen LogP contribution < -0.4 is 11.1 Å². The molecule has 0 spiro atoms. The number of benzene rings is 1. The molecule has 1 atom stereocenters. The Hall–Kier alpha value is -2.36. The molecule has 0 aliphatic carbocycles. The molecule has 0 bridgehead atoms. The first-order valence-electron chi connectivity index (χ1n) is 6.27. The van der Waals surface area contributed by atoms with Crippen molar-refractivity contribution in [3.63, 3.8) is 0 Å². The number of amides is 1. The lowest BCUT2D eigenvalue weighted by Crippen LogP contribution is -2.28. The van der Waals surface area contributed by atoms with Crippen molar-refractivity contribution in [1.29, 1.82) is 0 Å². The van der Waals surface area contributed by atoms with Crippen molar-refractivity contribution in [3.05, 3.63) is 59.9 Å². The number of aromatic nitrogens is 1. The van der Waals surface area contributed by atoms with Crippen molar-refractivity contribution in [1.82, 2.24) is 10.3 Å². The molecule has 0 saturated carbocycles. The summed E-state index contributed by atoms with van der Waals surface area (Å²) in [7, 11) is 0. The van der Waals surface area contributed by atoms with Gasteiger partial charge < -0.3 is 11.1 Å². The van der Waals surface area contributed by atoms with Crippen LogP contribution in [0.2, 0.25) is 0 Å². The van der Waals surface area contributed by atoms with Gasteiger partial charge in [-0.3, -0.25) is 9.78 Å². The Kier molecular flexibility index (Phi) is 4.13. The third-order valence-corrected chi connectivity index (χ3v) is 3.01. The Morgan fingerprint density at radius 1 is 1.32 bits per heavy atom. The van der Waals surface area contributed by atoms with E-state index in [1.807, 2.05) is 37.3 Å². The number of rotatable bonds is 4. The number of hydrogen-bond donors (Lipinski definition) is 2. The second-order valence-electron chi connectivity index (χ2n) is 4.31. The van der Waals surface area contributed by atoms with Crippen LogP contribution >= 0.6 is 0 Å². The van der Waals surface area contributed by atoms with Crippen molar-refractivity contribution < 1.29 is 4.79 Å². The molecule has 19 heavy (non-hydrogen) atoms. The monoisotopic (exact) mass is 255 g/mol. The minimum absolute atomic E-state index is 0.0127. The smallest absolute Gasteiger partial charge is 0.253 e. The third-order valence-electron chi connectivity index (χ3n) is 3.01. The highest BCUT2D eigenvalue weighted by Gasteiger charge is 2.15. The van der Waals surface area contributed by atoms with Gasteiger partial charge in [0.15, 0.2) is 0 Å². The van der Waals surface area contributed by atoms with E-state index in [9.17, 15) is 4.79 Å². The predicted molar refractivity (Wildman–Crippen MR) is 75.6 cm³/mol. The molecule has 1 aromatic heterocycles. The molecule has 98 valence electrons. The molecule has 4 heteroatoms. The summed E-state index contributed by atoms with van der Waals surface area (Å²) in [6, 6.07) is 11.5. The molecule has 0 saturated heterocycles. The fourth-order valence-electron chi connectivity index (χ4n) is 1.96. The van der Waals surface area contributed by atoms with Crippen molar-refractivity contribution in [2.45, 2.75) is 19.4 Å². The first kappa shape index (κ1) is 13.1. The van der Waals surface area contributed by atoms with Crippen LogP contribution in [-0.2, 0) is 0 Å². The van der Waals surface area contributed by atoms with E-state index >= 15 is 0 Å². The highest BCUT2D eigenvalue weighted by Crippen LogP contribution is 2.17. The Bertz CT molecular complexity index is 554. The summed E-state index contributed by atoms with van der Waals surface area (Å²) in [5.41, 5.74) is 7.70. The number of nitrogens with two attached hydrogens (primary N) is 1. The van der Waals surface area contributed by atoms with Crippen LogP contribution in [0.5, 0.6) is 0 Å². The maximum absolute atomic E-state index is 12.2. The molecule has 0 fully saturated rings. The van der Waals surface area contributed by atoms with Gasteiger partial charge in [0, 0.05) is 6.20 Å². The molecular weight excluding hydrogens is 238 g/mol. The Morgan fingerprint density at radius 3 is 2.68 bits per heavy atom. The minimum atomic E-state index is -0.171. The fourth-order valence-corrected chi connectivity index (χ4v) is 1.96. The highest BCUT2D eigenvalue weighted by atomic mass is 16.1. The largest absolute Gasteiger partial charge is 0.397 e. The zero-order valence-electron chi connectivity index (χ0n) is 10.8. The van der Waals surface area contributed by atoms with Gasteiger partial charge in [-0.05, 0) is 18.1 Å². The topological polar surface area (TPSA) is 68.0 Å². The fraction of sp³-hybridized carbons (Fsp3) is 0.200. The van der Waals surface area contributed by atoms with Gasteiger partial charge in [-0.1, -0.05) is 37.3 Å². The van der Waals surface area contributed by atoms with Gasteiger partial charge in [0.05, 0.1) is 23.5 Å². The zero-order valence-corrected chi connectivity index (χ0v) is 10.8. The average Bonchev–Trinajstić information content (AvgIpc) is 2.46. The van der Waals surface area contributed by atoms with Crippen LogP contribution in [0, 0.1) is 0 Å². The average molecular weight is 255 g/mol. The van der Waals surface area contributed by atoms with Crippen LogP contribution in [-0.4, -0.2) is 10.9 Å².